The molecule has 0 N–H and O–H groups in total. The number of aryl methyl sites for hydroxylation is 2. The van der Waals surface area contributed by atoms with Gasteiger partial charge in [0.2, 0.25) is 5.91 Å². The van der Waals surface area contributed by atoms with Crippen molar-refractivity contribution in [3.05, 3.63) is 81.6 Å². The highest BCUT2D eigenvalue weighted by Gasteiger charge is 2.21. The Morgan fingerprint density at radius 1 is 1.00 bits per heavy atom. The monoisotopic (exact) mass is 436 g/mol. The van der Waals surface area contributed by atoms with E-state index in [-0.39, 0.29) is 24.4 Å². The van der Waals surface area contributed by atoms with E-state index in [1.165, 1.54) is 22.0 Å². The van der Waals surface area contributed by atoms with E-state index in [1.54, 1.807) is 18.2 Å². The average Bonchev–Trinajstić information content (AvgIpc) is 2.79. The van der Waals surface area contributed by atoms with Crippen LogP contribution >= 0.6 is 11.6 Å². The van der Waals surface area contributed by atoms with Crippen molar-refractivity contribution in [1.29, 1.82) is 0 Å². The van der Waals surface area contributed by atoms with Crippen molar-refractivity contribution in [2.24, 2.45) is 0 Å². The lowest BCUT2D eigenvalue weighted by Gasteiger charge is -2.36. The molecule has 1 saturated heterocycles. The van der Waals surface area contributed by atoms with Gasteiger partial charge in [-0.1, -0.05) is 35.9 Å². The van der Waals surface area contributed by atoms with E-state index >= 15 is 0 Å². The van der Waals surface area contributed by atoms with Crippen molar-refractivity contribution in [3.63, 3.8) is 0 Å². The first-order valence-electron chi connectivity index (χ1n) is 10.4. The predicted molar refractivity (Wildman–Crippen MR) is 124 cm³/mol. The molecule has 0 atom stereocenters. The molecule has 0 radical (unpaired) electrons. The molecule has 160 valence electrons. The van der Waals surface area contributed by atoms with Gasteiger partial charge in [0.15, 0.2) is 0 Å². The Morgan fingerprint density at radius 2 is 1.74 bits per heavy atom. The van der Waals surface area contributed by atoms with Gasteiger partial charge < -0.3 is 9.80 Å². The fourth-order valence-electron chi connectivity index (χ4n) is 3.78. The molecule has 31 heavy (non-hydrogen) atoms. The van der Waals surface area contributed by atoms with Crippen LogP contribution in [0.1, 0.15) is 12.0 Å². The molecule has 1 amide bonds. The van der Waals surface area contributed by atoms with E-state index in [9.17, 15) is 9.59 Å². The molecule has 0 unspecified atom stereocenters. The number of piperazine rings is 1. The minimum atomic E-state index is -0.213. The van der Waals surface area contributed by atoms with Gasteiger partial charge in [0.05, 0.1) is 12.2 Å². The van der Waals surface area contributed by atoms with Crippen LogP contribution in [-0.4, -0.2) is 46.8 Å². The summed E-state index contributed by atoms with van der Waals surface area (Å²) in [5.74, 6) is 0.0505. The minimum Gasteiger partial charge on any atom is -0.368 e. The van der Waals surface area contributed by atoms with Crippen molar-refractivity contribution in [3.8, 4) is 11.3 Å². The number of carbonyl (C=O) groups is 1. The average molecular weight is 437 g/mol. The molecular weight excluding hydrogens is 412 g/mol. The van der Waals surface area contributed by atoms with Crippen LogP contribution in [0.5, 0.6) is 0 Å². The standard InChI is InChI=1S/C24H25ClN4O2/c1-18-3-2-4-21(17-18)27-13-15-28(16-14-27)23(30)11-12-29-24(31)10-9-22(26-29)19-5-7-20(25)8-6-19/h2-10,17H,11-16H2,1H3. The maximum absolute atomic E-state index is 12.7. The molecule has 1 aliphatic rings. The topological polar surface area (TPSA) is 58.4 Å². The molecule has 3 aromatic rings. The van der Waals surface area contributed by atoms with E-state index in [1.807, 2.05) is 17.0 Å². The first-order chi connectivity index (χ1) is 15.0. The maximum atomic E-state index is 12.7. The van der Waals surface area contributed by atoms with Gasteiger partial charge in [0, 0.05) is 54.9 Å². The number of rotatable bonds is 5. The summed E-state index contributed by atoms with van der Waals surface area (Å²) in [7, 11) is 0. The molecule has 0 spiro atoms. The summed E-state index contributed by atoms with van der Waals surface area (Å²) in [6, 6.07) is 18.9. The zero-order chi connectivity index (χ0) is 21.8. The summed E-state index contributed by atoms with van der Waals surface area (Å²) in [4.78, 5) is 29.1. The Morgan fingerprint density at radius 3 is 2.45 bits per heavy atom. The molecule has 0 bridgehead atoms. The number of amides is 1. The number of nitrogens with zero attached hydrogens (tertiary/aromatic N) is 4. The van der Waals surface area contributed by atoms with Crippen LogP contribution in [0.15, 0.2) is 65.5 Å². The van der Waals surface area contributed by atoms with Gasteiger partial charge in [-0.2, -0.15) is 5.10 Å². The lowest BCUT2D eigenvalue weighted by Crippen LogP contribution is -2.49. The number of hydrogen-bond acceptors (Lipinski definition) is 4. The van der Waals surface area contributed by atoms with Gasteiger partial charge >= 0.3 is 0 Å². The SMILES string of the molecule is Cc1cccc(N2CCN(C(=O)CCn3nc(-c4ccc(Cl)cc4)ccc3=O)CC2)c1. The van der Waals surface area contributed by atoms with E-state index < -0.39 is 0 Å². The Bertz CT molecular complexity index is 1120. The van der Waals surface area contributed by atoms with Crippen LogP contribution in [0.25, 0.3) is 11.3 Å². The van der Waals surface area contributed by atoms with E-state index in [2.05, 4.69) is 41.2 Å². The van der Waals surface area contributed by atoms with Crippen LogP contribution in [0, 0.1) is 6.92 Å². The van der Waals surface area contributed by atoms with Crippen LogP contribution < -0.4 is 10.5 Å². The molecule has 4 rings (SSSR count). The van der Waals surface area contributed by atoms with Gasteiger partial charge in [-0.3, -0.25) is 9.59 Å². The molecule has 6 nitrogen and oxygen atoms in total. The maximum Gasteiger partial charge on any atom is 0.266 e. The summed E-state index contributed by atoms with van der Waals surface area (Å²) in [5.41, 5.74) is 3.76. The van der Waals surface area contributed by atoms with Crippen molar-refractivity contribution in [2.75, 3.05) is 31.1 Å². The summed E-state index contributed by atoms with van der Waals surface area (Å²) in [5, 5.41) is 5.08. The van der Waals surface area contributed by atoms with E-state index in [4.69, 9.17) is 11.6 Å². The largest absolute Gasteiger partial charge is 0.368 e. The second-order valence-electron chi connectivity index (χ2n) is 7.74. The molecule has 1 aromatic heterocycles. The molecule has 7 heteroatoms. The predicted octanol–water partition coefficient (Wildman–Crippen LogP) is 3.61. The minimum absolute atomic E-state index is 0.0505. The lowest BCUT2D eigenvalue weighted by atomic mass is 10.1. The van der Waals surface area contributed by atoms with E-state index in [0.29, 0.717) is 23.8 Å². The third-order valence-corrected chi connectivity index (χ3v) is 5.80. The van der Waals surface area contributed by atoms with Crippen LogP contribution in [0.3, 0.4) is 0 Å². The molecule has 0 saturated carbocycles. The van der Waals surface area contributed by atoms with Gasteiger partial charge in [-0.25, -0.2) is 4.68 Å². The highest BCUT2D eigenvalue weighted by atomic mass is 35.5. The second kappa shape index (κ2) is 9.35. The summed E-state index contributed by atoms with van der Waals surface area (Å²) in [6.07, 6.45) is 0.251. The zero-order valence-electron chi connectivity index (χ0n) is 17.5. The summed E-state index contributed by atoms with van der Waals surface area (Å²) in [6.45, 7) is 5.32. The molecular formula is C24H25ClN4O2. The quantitative estimate of drug-likeness (QED) is 0.613. The van der Waals surface area contributed by atoms with Gasteiger partial charge in [-0.15, -0.1) is 0 Å². The van der Waals surface area contributed by atoms with Crippen LogP contribution in [0.2, 0.25) is 5.02 Å². The zero-order valence-corrected chi connectivity index (χ0v) is 18.3. The lowest BCUT2D eigenvalue weighted by molar-refractivity contribution is -0.131. The normalized spacial score (nSPS) is 14.0. The van der Waals surface area contributed by atoms with Crippen molar-refractivity contribution in [2.45, 2.75) is 19.9 Å². The summed E-state index contributed by atoms with van der Waals surface area (Å²) >= 11 is 5.94. The van der Waals surface area contributed by atoms with Gasteiger partial charge in [0.25, 0.3) is 5.56 Å². The Hall–Kier alpha value is -3.12. The third-order valence-electron chi connectivity index (χ3n) is 5.54. The Balaban J connectivity index is 1.35. The Kier molecular flexibility index (Phi) is 6.37. The highest BCUT2D eigenvalue weighted by Crippen LogP contribution is 2.19. The number of carbonyl (C=O) groups excluding carboxylic acids is 1. The molecule has 0 aliphatic carbocycles. The van der Waals surface area contributed by atoms with Gasteiger partial charge in [0.1, 0.15) is 0 Å². The fraction of sp³-hybridized carbons (Fsp3) is 0.292. The van der Waals surface area contributed by atoms with Crippen LogP contribution in [0.4, 0.5) is 5.69 Å². The molecule has 1 aliphatic heterocycles. The highest BCUT2D eigenvalue weighted by molar-refractivity contribution is 6.30. The number of aromatic nitrogens is 2. The van der Waals surface area contributed by atoms with Crippen LogP contribution in [-0.2, 0) is 11.3 Å². The first kappa shape index (κ1) is 21.1. The third kappa shape index (κ3) is 5.14. The Labute approximate surface area is 186 Å². The first-order valence-corrected chi connectivity index (χ1v) is 10.8. The van der Waals surface area contributed by atoms with Gasteiger partial charge in [-0.05, 0) is 42.8 Å². The second-order valence-corrected chi connectivity index (χ2v) is 8.18. The van der Waals surface area contributed by atoms with E-state index in [0.717, 1.165) is 18.7 Å². The number of benzene rings is 2. The number of anilines is 1. The van der Waals surface area contributed by atoms with Crippen molar-refractivity contribution in [1.82, 2.24) is 14.7 Å². The molecule has 2 aromatic carbocycles. The van der Waals surface area contributed by atoms with Crippen molar-refractivity contribution < 1.29 is 4.79 Å². The molecule has 1 fully saturated rings. The fourth-order valence-corrected chi connectivity index (χ4v) is 3.91. The van der Waals surface area contributed by atoms with Crippen molar-refractivity contribution >= 4 is 23.2 Å². The number of halogens is 1. The molecule has 2 heterocycles. The number of hydrogen-bond donors (Lipinski definition) is 0. The summed E-state index contributed by atoms with van der Waals surface area (Å²) < 4.78 is 1.37. The smallest absolute Gasteiger partial charge is 0.266 e.